The van der Waals surface area contributed by atoms with Crippen LogP contribution in [0.2, 0.25) is 0 Å². The Morgan fingerprint density at radius 3 is 2.96 bits per heavy atom. The molecule has 2 aromatic rings. The normalized spacial score (nSPS) is 21.1. The zero-order chi connectivity index (χ0) is 15.5. The fourth-order valence-electron chi connectivity index (χ4n) is 3.26. The van der Waals surface area contributed by atoms with Gasteiger partial charge in [-0.3, -0.25) is 9.88 Å². The van der Waals surface area contributed by atoms with E-state index in [0.29, 0.717) is 19.3 Å². The van der Waals surface area contributed by atoms with Gasteiger partial charge in [-0.1, -0.05) is 12.1 Å². The molecule has 0 saturated carbocycles. The Morgan fingerprint density at radius 1 is 1.17 bits per heavy atom. The summed E-state index contributed by atoms with van der Waals surface area (Å²) in [7, 11) is 0. The summed E-state index contributed by atoms with van der Waals surface area (Å²) in [6.07, 6.45) is 3.79. The van der Waals surface area contributed by atoms with E-state index < -0.39 is 0 Å². The van der Waals surface area contributed by atoms with Crippen LogP contribution in [-0.4, -0.2) is 42.7 Å². The monoisotopic (exact) mass is 311 g/mol. The maximum atomic E-state index is 5.70. The average molecular weight is 311 g/mol. The van der Waals surface area contributed by atoms with E-state index in [-0.39, 0.29) is 0 Å². The fourth-order valence-corrected chi connectivity index (χ4v) is 3.26. The lowest BCUT2D eigenvalue weighted by molar-refractivity contribution is 0.151. The van der Waals surface area contributed by atoms with Gasteiger partial charge in [0.1, 0.15) is 13.2 Å². The molecule has 3 heterocycles. The third-order valence-electron chi connectivity index (χ3n) is 4.42. The second kappa shape index (κ2) is 6.56. The predicted molar refractivity (Wildman–Crippen MR) is 87.7 cm³/mol. The van der Waals surface area contributed by atoms with Gasteiger partial charge < -0.3 is 14.8 Å². The molecule has 1 unspecified atom stereocenters. The smallest absolute Gasteiger partial charge is 0.161 e. The van der Waals surface area contributed by atoms with E-state index in [4.69, 9.17) is 9.47 Å². The van der Waals surface area contributed by atoms with Crippen molar-refractivity contribution in [1.29, 1.82) is 0 Å². The highest BCUT2D eigenvalue weighted by Gasteiger charge is 2.24. The van der Waals surface area contributed by atoms with Gasteiger partial charge in [0, 0.05) is 44.6 Å². The first kappa shape index (κ1) is 14.5. The van der Waals surface area contributed by atoms with Gasteiger partial charge in [0.25, 0.3) is 0 Å². The Morgan fingerprint density at radius 2 is 2.09 bits per heavy atom. The third-order valence-corrected chi connectivity index (χ3v) is 4.42. The highest BCUT2D eigenvalue weighted by atomic mass is 16.6. The second-order valence-corrected chi connectivity index (χ2v) is 5.95. The largest absolute Gasteiger partial charge is 0.486 e. The van der Waals surface area contributed by atoms with Crippen molar-refractivity contribution in [1.82, 2.24) is 15.2 Å². The van der Waals surface area contributed by atoms with E-state index in [2.05, 4.69) is 33.4 Å². The van der Waals surface area contributed by atoms with Crippen LogP contribution in [0.4, 0.5) is 0 Å². The van der Waals surface area contributed by atoms with Crippen LogP contribution in [0.1, 0.15) is 17.2 Å². The number of benzene rings is 1. The molecule has 2 aliphatic heterocycles. The fraction of sp³-hybridized carbons (Fsp3) is 0.389. The molecule has 0 amide bonds. The highest BCUT2D eigenvalue weighted by Crippen LogP contribution is 2.32. The second-order valence-electron chi connectivity index (χ2n) is 5.95. The summed E-state index contributed by atoms with van der Waals surface area (Å²) in [6.45, 7) is 5.15. The van der Waals surface area contributed by atoms with E-state index >= 15 is 0 Å². The third kappa shape index (κ3) is 3.16. The van der Waals surface area contributed by atoms with Gasteiger partial charge in [0.05, 0.1) is 0 Å². The number of aromatic nitrogens is 1. The lowest BCUT2D eigenvalue weighted by Crippen LogP contribution is -2.45. The Hall–Kier alpha value is -2.11. The molecule has 0 bridgehead atoms. The Kier molecular flexibility index (Phi) is 4.13. The molecule has 0 spiro atoms. The molecule has 1 N–H and O–H groups in total. The number of nitrogens with one attached hydrogen (secondary N) is 1. The van der Waals surface area contributed by atoms with Crippen LogP contribution in [-0.2, 0) is 6.54 Å². The van der Waals surface area contributed by atoms with Crippen LogP contribution >= 0.6 is 0 Å². The van der Waals surface area contributed by atoms with Crippen molar-refractivity contribution >= 4 is 0 Å². The van der Waals surface area contributed by atoms with Gasteiger partial charge in [0.2, 0.25) is 0 Å². The zero-order valence-corrected chi connectivity index (χ0v) is 13.1. The molecular weight excluding hydrogens is 290 g/mol. The van der Waals surface area contributed by atoms with Crippen LogP contribution in [0.3, 0.4) is 0 Å². The lowest BCUT2D eigenvalue weighted by Gasteiger charge is -2.36. The maximum absolute atomic E-state index is 5.70. The van der Waals surface area contributed by atoms with Crippen molar-refractivity contribution in [2.24, 2.45) is 0 Å². The van der Waals surface area contributed by atoms with Gasteiger partial charge in [-0.05, 0) is 29.3 Å². The Bertz CT molecular complexity index is 663. The number of hydrogen-bond acceptors (Lipinski definition) is 5. The van der Waals surface area contributed by atoms with Crippen molar-refractivity contribution in [2.45, 2.75) is 12.6 Å². The number of pyridine rings is 1. The quantitative estimate of drug-likeness (QED) is 0.939. The van der Waals surface area contributed by atoms with Gasteiger partial charge in [0.15, 0.2) is 11.5 Å². The van der Waals surface area contributed by atoms with Crippen LogP contribution < -0.4 is 14.8 Å². The van der Waals surface area contributed by atoms with Crippen molar-refractivity contribution in [3.63, 3.8) is 0 Å². The molecule has 2 aliphatic rings. The van der Waals surface area contributed by atoms with Crippen molar-refractivity contribution in [3.8, 4) is 11.5 Å². The van der Waals surface area contributed by atoms with E-state index in [1.165, 1.54) is 11.1 Å². The van der Waals surface area contributed by atoms with E-state index in [1.807, 2.05) is 24.5 Å². The molecule has 1 saturated heterocycles. The molecule has 1 atom stereocenters. The molecule has 1 fully saturated rings. The molecule has 23 heavy (non-hydrogen) atoms. The summed E-state index contributed by atoms with van der Waals surface area (Å²) in [4.78, 5) is 6.77. The van der Waals surface area contributed by atoms with Gasteiger partial charge in [-0.2, -0.15) is 0 Å². The average Bonchev–Trinajstić information content (AvgIpc) is 2.63. The van der Waals surface area contributed by atoms with Crippen LogP contribution in [0.5, 0.6) is 11.5 Å². The van der Waals surface area contributed by atoms with Gasteiger partial charge in [-0.25, -0.2) is 0 Å². The molecule has 5 nitrogen and oxygen atoms in total. The Balaban J connectivity index is 1.54. The number of hydrogen-bond donors (Lipinski definition) is 1. The van der Waals surface area contributed by atoms with Gasteiger partial charge >= 0.3 is 0 Å². The maximum Gasteiger partial charge on any atom is 0.161 e. The minimum absolute atomic E-state index is 0.352. The van der Waals surface area contributed by atoms with E-state index in [1.54, 1.807) is 0 Å². The molecule has 120 valence electrons. The zero-order valence-electron chi connectivity index (χ0n) is 13.1. The van der Waals surface area contributed by atoms with E-state index in [9.17, 15) is 0 Å². The summed E-state index contributed by atoms with van der Waals surface area (Å²) < 4.78 is 11.3. The molecule has 1 aromatic heterocycles. The summed E-state index contributed by atoms with van der Waals surface area (Å²) in [5.74, 6) is 1.71. The first-order chi connectivity index (χ1) is 11.4. The molecule has 4 rings (SSSR count). The van der Waals surface area contributed by atoms with Crippen LogP contribution in [0.15, 0.2) is 42.7 Å². The first-order valence-electron chi connectivity index (χ1n) is 8.13. The molecule has 0 aliphatic carbocycles. The molecule has 5 heteroatoms. The van der Waals surface area contributed by atoms with Crippen molar-refractivity contribution in [2.75, 3.05) is 32.8 Å². The number of nitrogens with zero attached hydrogens (tertiary/aromatic N) is 2. The molecule has 0 radical (unpaired) electrons. The summed E-state index contributed by atoms with van der Waals surface area (Å²) >= 11 is 0. The van der Waals surface area contributed by atoms with Crippen LogP contribution in [0.25, 0.3) is 0 Å². The number of piperazine rings is 1. The summed E-state index contributed by atoms with van der Waals surface area (Å²) in [6, 6.07) is 10.8. The summed E-state index contributed by atoms with van der Waals surface area (Å²) in [5.41, 5.74) is 2.52. The molecule has 1 aromatic carbocycles. The van der Waals surface area contributed by atoms with Crippen molar-refractivity contribution < 1.29 is 9.47 Å². The lowest BCUT2D eigenvalue weighted by atomic mass is 10.0. The minimum Gasteiger partial charge on any atom is -0.486 e. The number of ether oxygens (including phenoxy) is 2. The topological polar surface area (TPSA) is 46.6 Å². The minimum atomic E-state index is 0.352. The predicted octanol–water partition coefficient (Wildman–Crippen LogP) is 2.00. The standard InChI is InChI=1S/C18H21N3O2/c1-2-15(11-19-5-1)16-12-20-6-7-21(16)13-14-3-4-17-18(10-14)23-9-8-22-17/h1-5,10-11,16,20H,6-9,12-13H2. The number of fused-ring (bicyclic) bond motifs is 1. The first-order valence-corrected chi connectivity index (χ1v) is 8.13. The molecular formula is C18H21N3O2. The Labute approximate surface area is 136 Å². The van der Waals surface area contributed by atoms with Crippen LogP contribution in [0, 0.1) is 0 Å². The number of rotatable bonds is 3. The van der Waals surface area contributed by atoms with Gasteiger partial charge in [-0.15, -0.1) is 0 Å². The SMILES string of the molecule is c1cncc(C2CNCCN2Cc2ccc3c(c2)OCCO3)c1. The van der Waals surface area contributed by atoms with E-state index in [0.717, 1.165) is 37.7 Å². The van der Waals surface area contributed by atoms with Crippen molar-refractivity contribution in [3.05, 3.63) is 53.9 Å². The summed E-state index contributed by atoms with van der Waals surface area (Å²) in [5, 5.41) is 3.48. The highest BCUT2D eigenvalue weighted by molar-refractivity contribution is 5.43.